The summed E-state index contributed by atoms with van der Waals surface area (Å²) in [6, 6.07) is 9.45. The fraction of sp³-hybridized carbons (Fsp3) is 0.154. The molecule has 0 radical (unpaired) electrons. The summed E-state index contributed by atoms with van der Waals surface area (Å²) in [6.45, 7) is 0.752. The second-order valence-corrected chi connectivity index (χ2v) is 5.17. The Labute approximate surface area is 109 Å². The molecule has 0 amide bonds. The van der Waals surface area contributed by atoms with Crippen LogP contribution in [0.25, 0.3) is 0 Å². The van der Waals surface area contributed by atoms with Crippen LogP contribution in [0.2, 0.25) is 5.02 Å². The summed E-state index contributed by atoms with van der Waals surface area (Å²) < 4.78 is 0. The minimum absolute atomic E-state index is 0.605. The van der Waals surface area contributed by atoms with Crippen LogP contribution in [0.3, 0.4) is 0 Å². The van der Waals surface area contributed by atoms with Gasteiger partial charge in [0.05, 0.1) is 17.3 Å². The Balaban J connectivity index is 2.30. The Morgan fingerprint density at radius 2 is 2.18 bits per heavy atom. The van der Waals surface area contributed by atoms with Crippen molar-refractivity contribution >= 4 is 34.9 Å². The monoisotopic (exact) mass is 265 g/mol. The molecule has 0 N–H and O–H groups in total. The van der Waals surface area contributed by atoms with Crippen molar-refractivity contribution in [2.45, 2.75) is 6.54 Å². The van der Waals surface area contributed by atoms with Crippen molar-refractivity contribution in [2.24, 2.45) is 0 Å². The van der Waals surface area contributed by atoms with Crippen molar-refractivity contribution in [1.82, 2.24) is 0 Å². The summed E-state index contributed by atoms with van der Waals surface area (Å²) in [6.07, 6.45) is 0.839. The van der Waals surface area contributed by atoms with Crippen LogP contribution in [-0.4, -0.2) is 13.3 Å². The lowest BCUT2D eigenvalue weighted by Crippen LogP contribution is -2.17. The zero-order valence-corrected chi connectivity index (χ0v) is 11.0. The predicted molar refractivity (Wildman–Crippen MR) is 73.3 cm³/mol. The van der Waals surface area contributed by atoms with Crippen LogP contribution < -0.4 is 4.90 Å². The summed E-state index contributed by atoms with van der Waals surface area (Å²) in [5.41, 5.74) is 1.41. The second-order valence-electron chi connectivity index (χ2n) is 3.73. The molecule has 2 rings (SSSR count). The Morgan fingerprint density at radius 3 is 2.82 bits per heavy atom. The van der Waals surface area contributed by atoms with Gasteiger partial charge in [-0.1, -0.05) is 23.7 Å². The van der Waals surface area contributed by atoms with E-state index in [0.29, 0.717) is 10.6 Å². The molecule has 0 aliphatic carbocycles. The number of thiophene rings is 1. The highest BCUT2D eigenvalue weighted by Gasteiger charge is 2.11. The lowest BCUT2D eigenvalue weighted by Gasteiger charge is -2.21. The van der Waals surface area contributed by atoms with Crippen LogP contribution in [0, 0.1) is 0 Å². The number of hydrogen-bond donors (Lipinski definition) is 0. The van der Waals surface area contributed by atoms with Crippen molar-refractivity contribution in [1.29, 1.82) is 0 Å². The van der Waals surface area contributed by atoms with Gasteiger partial charge >= 0.3 is 0 Å². The van der Waals surface area contributed by atoms with Gasteiger partial charge in [0.2, 0.25) is 0 Å². The van der Waals surface area contributed by atoms with Crippen LogP contribution in [-0.2, 0) is 6.54 Å². The molecule has 1 heterocycles. The van der Waals surface area contributed by atoms with E-state index in [-0.39, 0.29) is 0 Å². The van der Waals surface area contributed by atoms with Crippen molar-refractivity contribution in [2.75, 3.05) is 11.9 Å². The summed E-state index contributed by atoms with van der Waals surface area (Å²) >= 11 is 7.84. The number of aldehydes is 1. The van der Waals surface area contributed by atoms with Gasteiger partial charge in [-0.25, -0.2) is 0 Å². The minimum Gasteiger partial charge on any atom is -0.368 e. The highest BCUT2D eigenvalue weighted by Crippen LogP contribution is 2.29. The fourth-order valence-corrected chi connectivity index (χ4v) is 2.83. The first-order valence-electron chi connectivity index (χ1n) is 5.19. The number of anilines is 1. The Bertz CT molecular complexity index is 510. The number of nitrogens with zero attached hydrogens (tertiary/aromatic N) is 1. The predicted octanol–water partition coefficient (Wildman–Crippen LogP) is 3.85. The van der Waals surface area contributed by atoms with E-state index in [0.717, 1.165) is 18.5 Å². The van der Waals surface area contributed by atoms with Gasteiger partial charge in [0.15, 0.2) is 6.29 Å². The number of rotatable bonds is 4. The molecule has 0 unspecified atom stereocenters. The Morgan fingerprint density at radius 1 is 1.35 bits per heavy atom. The minimum atomic E-state index is 0.605. The first kappa shape index (κ1) is 12.1. The maximum Gasteiger partial charge on any atom is 0.152 e. The topological polar surface area (TPSA) is 20.3 Å². The van der Waals surface area contributed by atoms with Crippen molar-refractivity contribution in [3.05, 3.63) is 51.2 Å². The lowest BCUT2D eigenvalue weighted by molar-refractivity contribution is 0.112. The van der Waals surface area contributed by atoms with E-state index >= 15 is 0 Å². The number of carbonyl (C=O) groups is 1. The van der Waals surface area contributed by atoms with Gasteiger partial charge in [-0.05, 0) is 23.6 Å². The van der Waals surface area contributed by atoms with E-state index in [4.69, 9.17) is 11.6 Å². The summed E-state index contributed by atoms with van der Waals surface area (Å²) in [4.78, 5) is 14.2. The maximum absolute atomic E-state index is 11.0. The average Bonchev–Trinajstić information content (AvgIpc) is 2.81. The molecule has 17 heavy (non-hydrogen) atoms. The molecule has 1 aromatic heterocycles. The Hall–Kier alpha value is -1.32. The molecule has 2 nitrogen and oxygen atoms in total. The zero-order valence-electron chi connectivity index (χ0n) is 9.39. The third-order valence-corrected chi connectivity index (χ3v) is 3.67. The molecule has 0 bridgehead atoms. The quantitative estimate of drug-likeness (QED) is 0.783. The number of hydrogen-bond acceptors (Lipinski definition) is 3. The highest BCUT2D eigenvalue weighted by atomic mass is 35.5. The van der Waals surface area contributed by atoms with Gasteiger partial charge < -0.3 is 4.90 Å². The van der Waals surface area contributed by atoms with Gasteiger partial charge in [-0.3, -0.25) is 4.79 Å². The molecular formula is C13H12ClNOS. The molecule has 2 aromatic rings. The van der Waals surface area contributed by atoms with Crippen LogP contribution in [0.15, 0.2) is 35.7 Å². The molecule has 4 heteroatoms. The van der Waals surface area contributed by atoms with E-state index in [1.807, 2.05) is 23.4 Å². The summed E-state index contributed by atoms with van der Waals surface area (Å²) in [5, 5.41) is 2.64. The molecule has 0 aliphatic rings. The van der Waals surface area contributed by atoms with E-state index in [1.165, 1.54) is 4.88 Å². The van der Waals surface area contributed by atoms with Gasteiger partial charge in [-0.15, -0.1) is 11.3 Å². The first-order chi connectivity index (χ1) is 8.22. The van der Waals surface area contributed by atoms with Gasteiger partial charge in [0.1, 0.15) is 0 Å². The van der Waals surface area contributed by atoms with Gasteiger partial charge in [0, 0.05) is 17.5 Å². The number of benzene rings is 1. The van der Waals surface area contributed by atoms with Crippen LogP contribution in [0.4, 0.5) is 5.69 Å². The second kappa shape index (κ2) is 5.34. The SMILES string of the molecule is CN(Cc1cccs1)c1c(Cl)cccc1C=O. The molecule has 0 fully saturated rings. The van der Waals surface area contributed by atoms with Gasteiger partial charge in [0.25, 0.3) is 0 Å². The van der Waals surface area contributed by atoms with Gasteiger partial charge in [-0.2, -0.15) is 0 Å². The molecule has 0 spiro atoms. The maximum atomic E-state index is 11.0. The zero-order chi connectivity index (χ0) is 12.3. The van der Waals surface area contributed by atoms with E-state index in [9.17, 15) is 4.79 Å². The van der Waals surface area contributed by atoms with E-state index < -0.39 is 0 Å². The van der Waals surface area contributed by atoms with Crippen molar-refractivity contribution in [3.63, 3.8) is 0 Å². The molecule has 0 saturated heterocycles. The smallest absolute Gasteiger partial charge is 0.152 e. The fourth-order valence-electron chi connectivity index (χ4n) is 1.75. The number of carbonyl (C=O) groups excluding carboxylic acids is 1. The molecular weight excluding hydrogens is 254 g/mol. The molecule has 1 aromatic carbocycles. The molecule has 88 valence electrons. The third-order valence-electron chi connectivity index (χ3n) is 2.50. The third kappa shape index (κ3) is 2.68. The van der Waals surface area contributed by atoms with Crippen LogP contribution in [0.5, 0.6) is 0 Å². The van der Waals surface area contributed by atoms with Crippen LogP contribution >= 0.6 is 22.9 Å². The van der Waals surface area contributed by atoms with Crippen molar-refractivity contribution < 1.29 is 4.79 Å². The average molecular weight is 266 g/mol. The molecule has 0 atom stereocenters. The number of para-hydroxylation sites is 1. The molecule has 0 saturated carbocycles. The highest BCUT2D eigenvalue weighted by molar-refractivity contribution is 7.09. The Kier molecular flexibility index (Phi) is 3.82. The standard InChI is InChI=1S/C13H12ClNOS/c1-15(8-11-5-3-7-17-11)13-10(9-16)4-2-6-12(13)14/h2-7,9H,8H2,1H3. The van der Waals surface area contributed by atoms with Crippen LogP contribution in [0.1, 0.15) is 15.2 Å². The molecule has 0 aliphatic heterocycles. The largest absolute Gasteiger partial charge is 0.368 e. The summed E-state index contributed by atoms with van der Waals surface area (Å²) in [5.74, 6) is 0. The number of halogens is 1. The normalized spacial score (nSPS) is 10.2. The van der Waals surface area contributed by atoms with E-state index in [2.05, 4.69) is 6.07 Å². The lowest BCUT2D eigenvalue weighted by atomic mass is 10.2. The summed E-state index contributed by atoms with van der Waals surface area (Å²) in [7, 11) is 1.94. The van der Waals surface area contributed by atoms with Crippen molar-refractivity contribution in [3.8, 4) is 0 Å². The van der Waals surface area contributed by atoms with E-state index in [1.54, 1.807) is 29.5 Å². The first-order valence-corrected chi connectivity index (χ1v) is 6.45.